The average molecular weight is 630 g/mol. The Hall–Kier alpha value is -3.14. The first kappa shape index (κ1) is 27.1. The Morgan fingerprint density at radius 1 is 0.824 bits per heavy atom. The maximum atomic E-state index is 10.0. The minimum atomic E-state index is -0.125. The third kappa shape index (κ3) is 7.18. The zero-order chi connectivity index (χ0) is 24.1. The predicted molar refractivity (Wildman–Crippen MR) is 135 cm³/mol. The van der Waals surface area contributed by atoms with Gasteiger partial charge in [-0.3, -0.25) is 14.8 Å². The Bertz CT molecular complexity index is 1230. The normalized spacial score (nSPS) is 10.8. The van der Waals surface area contributed by atoms with Crippen molar-refractivity contribution in [2.24, 2.45) is 0 Å². The number of carbonyl (C=O) groups is 1. The molecule has 0 spiro atoms. The van der Waals surface area contributed by atoms with Crippen LogP contribution in [0.3, 0.4) is 0 Å². The standard InChI is InChI=1S/C24H21N2.C5H8O2.Ir/c1-15-9-16(2)12-19(11-15)23-24(20-13-17(3)10-18(4)14-20)26-22-8-6-5-7-21(22)25-23;1-4(6)3-5(2)7;/h5-13H,1-4H3;3,6H,1-2H3;/q-1;;. The van der Waals surface area contributed by atoms with E-state index in [0.717, 1.165) is 39.1 Å². The molecule has 0 fully saturated rings. The van der Waals surface area contributed by atoms with E-state index in [1.807, 2.05) is 24.3 Å². The van der Waals surface area contributed by atoms with Crippen LogP contribution in [0.2, 0.25) is 0 Å². The molecule has 0 aliphatic rings. The van der Waals surface area contributed by atoms with Gasteiger partial charge in [0.25, 0.3) is 0 Å². The van der Waals surface area contributed by atoms with Crippen molar-refractivity contribution in [3.8, 4) is 22.5 Å². The molecule has 34 heavy (non-hydrogen) atoms. The van der Waals surface area contributed by atoms with Gasteiger partial charge in [0, 0.05) is 31.9 Å². The average Bonchev–Trinajstić information content (AvgIpc) is 2.71. The molecule has 0 atom stereocenters. The Kier molecular flexibility index (Phi) is 9.43. The van der Waals surface area contributed by atoms with Crippen molar-refractivity contribution in [1.29, 1.82) is 0 Å². The molecular formula is C29H29IrN2O2-. The van der Waals surface area contributed by atoms with E-state index in [1.54, 1.807) is 0 Å². The van der Waals surface area contributed by atoms with Gasteiger partial charge in [0.1, 0.15) is 0 Å². The van der Waals surface area contributed by atoms with Crippen LogP contribution in [0.5, 0.6) is 0 Å². The van der Waals surface area contributed by atoms with Crippen LogP contribution in [-0.4, -0.2) is 20.9 Å². The van der Waals surface area contributed by atoms with E-state index < -0.39 is 0 Å². The van der Waals surface area contributed by atoms with Gasteiger partial charge in [0.15, 0.2) is 5.78 Å². The summed E-state index contributed by atoms with van der Waals surface area (Å²) >= 11 is 0. The Balaban J connectivity index is 0.000000449. The fourth-order valence-electron chi connectivity index (χ4n) is 3.82. The first-order chi connectivity index (χ1) is 15.6. The molecule has 4 nitrogen and oxygen atoms in total. The van der Waals surface area contributed by atoms with Gasteiger partial charge in [-0.1, -0.05) is 55.3 Å². The Morgan fingerprint density at radius 3 is 1.82 bits per heavy atom. The maximum absolute atomic E-state index is 10.0. The van der Waals surface area contributed by atoms with Gasteiger partial charge in [-0.25, -0.2) is 0 Å². The summed E-state index contributed by atoms with van der Waals surface area (Å²) < 4.78 is 0. The quantitative estimate of drug-likeness (QED) is 0.150. The van der Waals surface area contributed by atoms with Crippen LogP contribution >= 0.6 is 0 Å². The van der Waals surface area contributed by atoms with E-state index in [2.05, 4.69) is 64.1 Å². The van der Waals surface area contributed by atoms with Crippen LogP contribution in [0.25, 0.3) is 33.5 Å². The summed E-state index contributed by atoms with van der Waals surface area (Å²) in [6.45, 7) is 11.3. The zero-order valence-corrected chi connectivity index (χ0v) is 22.8. The molecule has 1 radical (unpaired) electrons. The maximum Gasteiger partial charge on any atom is 0.155 e. The first-order valence-electron chi connectivity index (χ1n) is 10.9. The summed E-state index contributed by atoms with van der Waals surface area (Å²) in [5, 5.41) is 8.36. The summed E-state index contributed by atoms with van der Waals surface area (Å²) in [7, 11) is 0. The molecule has 0 aliphatic carbocycles. The molecule has 5 heteroatoms. The second kappa shape index (κ2) is 11.8. The van der Waals surface area contributed by atoms with E-state index in [-0.39, 0.29) is 31.6 Å². The molecule has 1 aromatic heterocycles. The van der Waals surface area contributed by atoms with E-state index in [4.69, 9.17) is 15.1 Å². The van der Waals surface area contributed by atoms with Crippen molar-refractivity contribution >= 4 is 16.8 Å². The molecule has 0 amide bonds. The number of rotatable bonds is 3. The summed E-state index contributed by atoms with van der Waals surface area (Å²) in [4.78, 5) is 20.0. The molecular weight excluding hydrogens is 601 g/mol. The number of fused-ring (bicyclic) bond motifs is 1. The van der Waals surface area contributed by atoms with Gasteiger partial charge in [0.2, 0.25) is 0 Å². The van der Waals surface area contributed by atoms with Gasteiger partial charge in [-0.05, 0) is 45.4 Å². The fraction of sp³-hybridized carbons (Fsp3) is 0.207. The SMILES string of the molecule is CC(=O)C=C(C)O.Cc1[c-]c(-c2nc3ccccc3nc2-c2cc(C)cc(C)c2)cc(C)c1.[Ir]. The summed E-state index contributed by atoms with van der Waals surface area (Å²) in [5.74, 6) is -0.0625. The van der Waals surface area contributed by atoms with Crippen molar-refractivity contribution in [3.05, 3.63) is 94.8 Å². The number of aliphatic hydroxyl groups is 1. The number of aliphatic hydroxyl groups excluding tert-OH is 1. The summed E-state index contributed by atoms with van der Waals surface area (Å²) in [6.07, 6.45) is 1.17. The Labute approximate surface area is 215 Å². The monoisotopic (exact) mass is 630 g/mol. The third-order valence-corrected chi connectivity index (χ3v) is 4.88. The Morgan fingerprint density at radius 2 is 1.35 bits per heavy atom. The molecule has 3 aromatic carbocycles. The van der Waals surface area contributed by atoms with Crippen LogP contribution in [0.4, 0.5) is 0 Å². The third-order valence-electron chi connectivity index (χ3n) is 4.88. The molecule has 0 saturated carbocycles. The van der Waals surface area contributed by atoms with Gasteiger partial charge < -0.3 is 5.11 Å². The molecule has 0 saturated heterocycles. The van der Waals surface area contributed by atoms with Crippen molar-refractivity contribution in [3.63, 3.8) is 0 Å². The topological polar surface area (TPSA) is 63.1 Å². The number of carbonyl (C=O) groups excluding carboxylic acids is 1. The van der Waals surface area contributed by atoms with Gasteiger partial charge >= 0.3 is 0 Å². The smallest absolute Gasteiger partial charge is 0.155 e. The number of hydrogen-bond acceptors (Lipinski definition) is 4. The zero-order valence-electron chi connectivity index (χ0n) is 20.4. The van der Waals surface area contributed by atoms with Crippen LogP contribution in [0.15, 0.2) is 66.4 Å². The first-order valence-corrected chi connectivity index (χ1v) is 10.9. The fourth-order valence-corrected chi connectivity index (χ4v) is 3.82. The van der Waals surface area contributed by atoms with Crippen LogP contribution in [0, 0.1) is 33.8 Å². The van der Waals surface area contributed by atoms with Crippen molar-refractivity contribution in [1.82, 2.24) is 9.97 Å². The molecule has 1 heterocycles. The number of nitrogens with zero attached hydrogens (tertiary/aromatic N) is 2. The second-order valence-corrected chi connectivity index (χ2v) is 8.44. The number of ketones is 1. The number of hydrogen-bond donors (Lipinski definition) is 1. The van der Waals surface area contributed by atoms with E-state index in [0.29, 0.717) is 0 Å². The molecule has 4 aromatic rings. The van der Waals surface area contributed by atoms with Crippen LogP contribution in [0.1, 0.15) is 36.1 Å². The second-order valence-electron chi connectivity index (χ2n) is 8.44. The van der Waals surface area contributed by atoms with E-state index in [9.17, 15) is 4.79 Å². The molecule has 0 unspecified atom stereocenters. The molecule has 177 valence electrons. The van der Waals surface area contributed by atoms with E-state index >= 15 is 0 Å². The largest absolute Gasteiger partial charge is 0.512 e. The number of aryl methyl sites for hydroxylation is 4. The minimum Gasteiger partial charge on any atom is -0.512 e. The number of benzene rings is 3. The molecule has 1 N–H and O–H groups in total. The summed E-state index contributed by atoms with van der Waals surface area (Å²) in [5.41, 5.74) is 10.5. The predicted octanol–water partition coefficient (Wildman–Crippen LogP) is 7.03. The van der Waals surface area contributed by atoms with Crippen LogP contribution < -0.4 is 0 Å². The molecule has 0 bridgehead atoms. The van der Waals surface area contributed by atoms with Gasteiger partial charge in [0.05, 0.1) is 22.5 Å². The van der Waals surface area contributed by atoms with Gasteiger partial charge in [-0.15, -0.1) is 34.9 Å². The van der Waals surface area contributed by atoms with Crippen LogP contribution in [-0.2, 0) is 24.9 Å². The molecule has 0 aliphatic heterocycles. The number of allylic oxidation sites excluding steroid dienone is 2. The minimum absolute atomic E-state index is 0. The number of para-hydroxylation sites is 2. The molecule has 4 rings (SSSR count). The van der Waals surface area contributed by atoms with Gasteiger partial charge in [-0.2, -0.15) is 0 Å². The van der Waals surface area contributed by atoms with Crippen molar-refractivity contribution in [2.75, 3.05) is 0 Å². The van der Waals surface area contributed by atoms with E-state index in [1.165, 1.54) is 36.6 Å². The van der Waals surface area contributed by atoms with Crippen molar-refractivity contribution in [2.45, 2.75) is 41.5 Å². The number of aromatic nitrogens is 2. The van der Waals surface area contributed by atoms with Crippen molar-refractivity contribution < 1.29 is 30.0 Å². The summed E-state index contributed by atoms with van der Waals surface area (Å²) in [6, 6.07) is 22.3.